The van der Waals surface area contributed by atoms with Gasteiger partial charge in [-0.05, 0) is 93.3 Å². The van der Waals surface area contributed by atoms with Crippen molar-refractivity contribution >= 4 is 50.5 Å². The molecule has 320 valence electrons. The highest BCUT2D eigenvalue weighted by atomic mass is 15.2. The molecule has 0 N–H and O–H groups in total. The molecule has 0 bridgehead atoms. The maximum atomic E-state index is 5.09. The lowest BCUT2D eigenvalue weighted by Gasteiger charge is -2.19. The highest BCUT2D eigenvalue weighted by molar-refractivity contribution is 6.00. The Balaban J connectivity index is 0.000000149. The van der Waals surface area contributed by atoms with Crippen molar-refractivity contribution in [1.29, 1.82) is 0 Å². The Morgan fingerprint density at radius 1 is 0.530 bits per heavy atom. The number of nitrogens with zero attached hydrogens (tertiary/aromatic N) is 7. The van der Waals surface area contributed by atoms with Gasteiger partial charge in [-0.15, -0.1) is 0 Å². The summed E-state index contributed by atoms with van der Waals surface area (Å²) in [5.41, 5.74) is 16.5. The molecule has 66 heavy (non-hydrogen) atoms. The van der Waals surface area contributed by atoms with E-state index in [0.29, 0.717) is 17.5 Å². The third-order valence-electron chi connectivity index (χ3n) is 12.0. The molecule has 4 aromatic heterocycles. The minimum absolute atomic E-state index is 0.688. The van der Waals surface area contributed by atoms with E-state index in [-0.39, 0.29) is 0 Å². The van der Waals surface area contributed by atoms with Crippen LogP contribution in [0, 0.1) is 13.8 Å². The predicted molar refractivity (Wildman–Crippen MR) is 275 cm³/mol. The second kappa shape index (κ2) is 18.4. The molecule has 0 fully saturated rings. The van der Waals surface area contributed by atoms with Gasteiger partial charge in [0.05, 0.1) is 27.6 Å². The third-order valence-corrected chi connectivity index (χ3v) is 12.0. The van der Waals surface area contributed by atoms with Gasteiger partial charge in [-0.25, -0.2) is 19.9 Å². The molecule has 1 aliphatic carbocycles. The molecular formula is C59H49N7. The summed E-state index contributed by atoms with van der Waals surface area (Å²) in [6, 6.07) is 62.9. The van der Waals surface area contributed by atoms with Crippen LogP contribution in [0.25, 0.3) is 90.4 Å². The first kappa shape index (κ1) is 41.6. The number of fused-ring (bicyclic) bond motifs is 8. The zero-order chi connectivity index (χ0) is 45.0. The molecule has 1 aliphatic rings. The quantitative estimate of drug-likeness (QED) is 0.156. The summed E-state index contributed by atoms with van der Waals surface area (Å²) in [5.74, 6) is 3.06. The van der Waals surface area contributed by atoms with E-state index in [1.807, 2.05) is 97.9 Å². The average molecular weight is 856 g/mol. The van der Waals surface area contributed by atoms with E-state index in [1.54, 1.807) is 6.08 Å². The molecule has 12 rings (SSSR count). The van der Waals surface area contributed by atoms with Gasteiger partial charge in [0.2, 0.25) is 5.78 Å². The maximum Gasteiger partial charge on any atom is 0.220 e. The monoisotopic (exact) mass is 855 g/mol. The van der Waals surface area contributed by atoms with Crippen molar-refractivity contribution in [1.82, 2.24) is 33.5 Å². The van der Waals surface area contributed by atoms with Crippen LogP contribution in [-0.2, 0) is 6.42 Å². The minimum Gasteiger partial charge on any atom is -0.313 e. The van der Waals surface area contributed by atoms with E-state index in [4.69, 9.17) is 19.9 Å². The topological polar surface area (TPSA) is 65.8 Å². The van der Waals surface area contributed by atoms with Crippen LogP contribution in [0.5, 0.6) is 0 Å². The lowest BCUT2D eigenvalue weighted by Crippen LogP contribution is -2.08. The van der Waals surface area contributed by atoms with Crippen molar-refractivity contribution in [3.05, 3.63) is 229 Å². The first-order valence-electron chi connectivity index (χ1n) is 22.4. The van der Waals surface area contributed by atoms with Crippen LogP contribution < -0.4 is 0 Å². The zero-order valence-electron chi connectivity index (χ0n) is 37.4. The van der Waals surface area contributed by atoms with Gasteiger partial charge in [0.1, 0.15) is 0 Å². The van der Waals surface area contributed by atoms with Crippen LogP contribution in [0.3, 0.4) is 0 Å². The number of rotatable bonds is 6. The predicted octanol–water partition coefficient (Wildman–Crippen LogP) is 14.6. The second-order valence-corrected chi connectivity index (χ2v) is 16.4. The van der Waals surface area contributed by atoms with Crippen LogP contribution in [0.15, 0.2) is 207 Å². The molecule has 4 heterocycles. The fourth-order valence-corrected chi connectivity index (χ4v) is 8.97. The number of aryl methyl sites for hydroxylation is 2. The highest BCUT2D eigenvalue weighted by Crippen LogP contribution is 2.39. The summed E-state index contributed by atoms with van der Waals surface area (Å²) >= 11 is 0. The Morgan fingerprint density at radius 3 is 1.80 bits per heavy atom. The zero-order valence-corrected chi connectivity index (χ0v) is 37.4. The first-order chi connectivity index (χ1) is 32.5. The Kier molecular flexibility index (Phi) is 11.6. The van der Waals surface area contributed by atoms with Crippen LogP contribution in [-0.4, -0.2) is 33.5 Å². The third kappa shape index (κ3) is 7.92. The number of para-hydroxylation sites is 5. The van der Waals surface area contributed by atoms with Crippen molar-refractivity contribution in [2.24, 2.45) is 0 Å². The Bertz CT molecular complexity index is 3530. The molecule has 7 aromatic carbocycles. The number of hydrogen-bond acceptors (Lipinski definition) is 4. The first-order valence-corrected chi connectivity index (χ1v) is 22.4. The molecule has 0 atom stereocenters. The standard InChI is InChI=1S/C32H24N4.C22H17N3.C5H8/c1-21-9-8-10-22(19-21)34-27-13-4-2-11-24(27)25-20-23(17-18-28(25)34)35-30-15-6-7-16-31(30)36-29-14-5-3-12-26(29)33-32(35)36;1-16-10-8-9-15-19(16)22-24-20(17-11-4-2-5-12-17)23-21(25-22)18-13-6-3-7-14-18;1-3-5-4-2/h2-16,19-20H,17-18H2,1H3;2-15H,1H3;3-5H,1H2,2H3/b;;5-4-. The van der Waals surface area contributed by atoms with Crippen molar-refractivity contribution in [2.45, 2.75) is 33.6 Å². The van der Waals surface area contributed by atoms with Gasteiger partial charge in [0, 0.05) is 44.7 Å². The summed E-state index contributed by atoms with van der Waals surface area (Å²) in [7, 11) is 0. The van der Waals surface area contributed by atoms with Gasteiger partial charge in [-0.1, -0.05) is 164 Å². The smallest absolute Gasteiger partial charge is 0.220 e. The minimum atomic E-state index is 0.688. The van der Waals surface area contributed by atoms with Crippen molar-refractivity contribution < 1.29 is 0 Å². The van der Waals surface area contributed by atoms with E-state index < -0.39 is 0 Å². The van der Waals surface area contributed by atoms with E-state index in [1.165, 1.54) is 50.1 Å². The van der Waals surface area contributed by atoms with E-state index >= 15 is 0 Å². The van der Waals surface area contributed by atoms with Crippen molar-refractivity contribution in [2.75, 3.05) is 0 Å². The van der Waals surface area contributed by atoms with Crippen molar-refractivity contribution in [3.8, 4) is 39.9 Å². The molecule has 0 saturated carbocycles. The summed E-state index contributed by atoms with van der Waals surface area (Å²) in [4.78, 5) is 19.3. The molecule has 0 aliphatic heterocycles. The second-order valence-electron chi connectivity index (χ2n) is 16.4. The van der Waals surface area contributed by atoms with Gasteiger partial charge in [0.25, 0.3) is 0 Å². The summed E-state index contributed by atoms with van der Waals surface area (Å²) in [6.07, 6.45) is 9.90. The number of benzene rings is 7. The molecular weight excluding hydrogens is 807 g/mol. The van der Waals surface area contributed by atoms with E-state index in [9.17, 15) is 0 Å². The fourth-order valence-electron chi connectivity index (χ4n) is 8.97. The van der Waals surface area contributed by atoms with Gasteiger partial charge in [0.15, 0.2) is 17.5 Å². The number of allylic oxidation sites excluding steroid dienone is 4. The van der Waals surface area contributed by atoms with Gasteiger partial charge >= 0.3 is 0 Å². The van der Waals surface area contributed by atoms with E-state index in [2.05, 4.69) is 143 Å². The normalized spacial score (nSPS) is 12.1. The van der Waals surface area contributed by atoms with Crippen LogP contribution in [0.4, 0.5) is 0 Å². The largest absolute Gasteiger partial charge is 0.313 e. The Labute approximate surface area is 385 Å². The van der Waals surface area contributed by atoms with E-state index in [0.717, 1.165) is 51.9 Å². The van der Waals surface area contributed by atoms with Gasteiger partial charge in [-0.2, -0.15) is 0 Å². The van der Waals surface area contributed by atoms with Gasteiger partial charge < -0.3 is 4.57 Å². The summed E-state index contributed by atoms with van der Waals surface area (Å²) in [6.45, 7) is 9.66. The molecule has 0 saturated heterocycles. The molecule has 7 nitrogen and oxygen atoms in total. The molecule has 7 heteroatoms. The summed E-state index contributed by atoms with van der Waals surface area (Å²) in [5, 5.41) is 1.30. The molecule has 0 amide bonds. The fraction of sp³-hybridized carbons (Fsp3) is 0.0847. The lowest BCUT2D eigenvalue weighted by atomic mass is 9.99. The van der Waals surface area contributed by atoms with Crippen LogP contribution in [0.1, 0.15) is 35.7 Å². The summed E-state index contributed by atoms with van der Waals surface area (Å²) < 4.78 is 7.13. The number of imidazole rings is 2. The lowest BCUT2D eigenvalue weighted by molar-refractivity contribution is 0.869. The molecule has 0 unspecified atom stereocenters. The highest BCUT2D eigenvalue weighted by Gasteiger charge is 2.25. The molecule has 11 aromatic rings. The molecule has 0 spiro atoms. The SMILES string of the molecule is C=C/C=C\C.Cc1cccc(-n2c3c(c4ccccc42)C=C(n2c4ccccc4n4c5ccccc5nc24)CC3)c1.Cc1ccccc1-c1nc(-c2ccccc2)nc(-c2ccccc2)n1. The van der Waals surface area contributed by atoms with Gasteiger partial charge in [-0.3, -0.25) is 8.97 Å². The van der Waals surface area contributed by atoms with Crippen LogP contribution in [0.2, 0.25) is 0 Å². The van der Waals surface area contributed by atoms with Crippen molar-refractivity contribution in [3.63, 3.8) is 0 Å². The number of aromatic nitrogens is 7. The number of hydrogen-bond donors (Lipinski definition) is 0. The average Bonchev–Trinajstić information content (AvgIpc) is 4.02. The molecule has 0 radical (unpaired) electrons. The Morgan fingerprint density at radius 2 is 1.14 bits per heavy atom. The van der Waals surface area contributed by atoms with Crippen LogP contribution >= 0.6 is 0 Å². The maximum absolute atomic E-state index is 5.09. The Hall–Kier alpha value is -8.42.